The molecule has 0 saturated heterocycles. The molecule has 192 valence electrons. The summed E-state index contributed by atoms with van der Waals surface area (Å²) in [4.78, 5) is 20.8. The van der Waals surface area contributed by atoms with Crippen LogP contribution < -0.4 is 15.7 Å². The molecule has 1 unspecified atom stereocenters. The molecule has 0 amide bonds. The number of aliphatic carboxylic acids is 1. The van der Waals surface area contributed by atoms with Gasteiger partial charge in [-0.05, 0) is 56.5 Å². The van der Waals surface area contributed by atoms with E-state index in [4.69, 9.17) is 0 Å². The van der Waals surface area contributed by atoms with Gasteiger partial charge in [-0.25, -0.2) is 4.89 Å². The molecule has 0 fully saturated rings. The van der Waals surface area contributed by atoms with E-state index in [0.717, 1.165) is 21.6 Å². The van der Waals surface area contributed by atoms with Crippen molar-refractivity contribution in [3.05, 3.63) is 89.1 Å². The van der Waals surface area contributed by atoms with Crippen LogP contribution in [-0.4, -0.2) is 21.2 Å². The van der Waals surface area contributed by atoms with Gasteiger partial charge in [0, 0.05) is 15.3 Å². The van der Waals surface area contributed by atoms with Crippen LogP contribution in [0.3, 0.4) is 0 Å². The first-order valence-corrected chi connectivity index (χ1v) is 14.7. The summed E-state index contributed by atoms with van der Waals surface area (Å²) in [5.41, 5.74) is 0. The van der Waals surface area contributed by atoms with Crippen molar-refractivity contribution in [2.75, 3.05) is 0 Å². The van der Waals surface area contributed by atoms with Gasteiger partial charge >= 0.3 is 20.4 Å². The number of hydrogen-bond acceptors (Lipinski definition) is 5. The number of carbonyl (C=O) groups is 1. The fourth-order valence-corrected chi connectivity index (χ4v) is 5.94. The second kappa shape index (κ2) is 16.4. The van der Waals surface area contributed by atoms with Gasteiger partial charge in [-0.1, -0.05) is 75.4 Å². The smallest absolute Gasteiger partial charge is 0.545 e. The van der Waals surface area contributed by atoms with Crippen LogP contribution in [0.5, 0.6) is 0 Å². The monoisotopic (exact) mass is 624 g/mol. The van der Waals surface area contributed by atoms with Crippen LogP contribution in [0, 0.1) is 0 Å². The second-order valence-electron chi connectivity index (χ2n) is 9.58. The summed E-state index contributed by atoms with van der Waals surface area (Å²) in [5, 5.41) is 13.8. The van der Waals surface area contributed by atoms with Crippen molar-refractivity contribution >= 4 is 49.9 Å². The fraction of sp³-hybridized carbons (Fsp3) is 0.296. The zero-order valence-electron chi connectivity index (χ0n) is 21.1. The zero-order valence-corrected chi connectivity index (χ0v) is 25.4. The van der Waals surface area contributed by atoms with Crippen LogP contribution in [-0.2, 0) is 29.8 Å². The Morgan fingerprint density at radius 3 is 1.83 bits per heavy atom. The Labute approximate surface area is 229 Å². The fourth-order valence-electron chi connectivity index (χ4n) is 2.59. The minimum atomic E-state index is -1.63. The third-order valence-electron chi connectivity index (χ3n) is 4.40. The number of thiophene rings is 1. The van der Waals surface area contributed by atoms with Gasteiger partial charge in [0.25, 0.3) is 0 Å². The normalized spacial score (nSPS) is 12.8. The maximum Gasteiger partial charge on any atom is 2.00 e. The number of carboxylic acids is 1. The van der Waals surface area contributed by atoms with Gasteiger partial charge in [0.1, 0.15) is 18.3 Å². The summed E-state index contributed by atoms with van der Waals surface area (Å²) in [6.07, 6.45) is 2.53. The van der Waals surface area contributed by atoms with Gasteiger partial charge in [0.2, 0.25) is 0 Å². The maximum absolute atomic E-state index is 11.9. The van der Waals surface area contributed by atoms with Crippen LogP contribution >= 0.6 is 27.3 Å². The van der Waals surface area contributed by atoms with Crippen molar-refractivity contribution in [1.29, 1.82) is 0 Å². The molecule has 0 aliphatic heterocycles. The average molecular weight is 625 g/mol. The van der Waals surface area contributed by atoms with Crippen LogP contribution in [0.4, 0.5) is 0 Å². The van der Waals surface area contributed by atoms with Crippen LogP contribution in [0.2, 0.25) is 0 Å². The Morgan fingerprint density at radius 1 is 0.914 bits per heavy atom. The van der Waals surface area contributed by atoms with Gasteiger partial charge in [0.15, 0.2) is 8.15 Å². The van der Waals surface area contributed by atoms with E-state index in [1.165, 1.54) is 17.4 Å². The van der Waals surface area contributed by atoms with Gasteiger partial charge in [-0.15, -0.1) is 11.3 Å². The number of rotatable bonds is 4. The SMILES string of the molecule is CC(C)(C)[P@H](=O)c1ccccc1.CC(C)(C)[PH+](O)c1ccccc1.O=C([O-])/C=C/c1cccs1.[Pd+2]. The molecule has 3 aromatic rings. The molecule has 1 heterocycles. The van der Waals surface area contributed by atoms with Crippen LogP contribution in [0.1, 0.15) is 46.4 Å². The quantitative estimate of drug-likeness (QED) is 0.239. The first kappa shape index (κ1) is 33.6. The van der Waals surface area contributed by atoms with Crippen molar-refractivity contribution in [3.63, 3.8) is 0 Å². The van der Waals surface area contributed by atoms with Crippen LogP contribution in [0.25, 0.3) is 6.08 Å². The number of carboxylic acid groups (broad SMARTS) is 1. The second-order valence-corrected chi connectivity index (χ2v) is 16.1. The Balaban J connectivity index is 0.000000491. The number of carbonyl (C=O) groups excluding carboxylic acids is 1. The molecule has 2 atom stereocenters. The number of hydrogen-bond donors (Lipinski definition) is 1. The summed E-state index contributed by atoms with van der Waals surface area (Å²) in [7, 11) is -3.02. The van der Waals surface area contributed by atoms with Crippen molar-refractivity contribution in [2.45, 2.75) is 51.9 Å². The zero-order chi connectivity index (χ0) is 25.8. The molecular formula is C27H36O4P2PdS+2. The van der Waals surface area contributed by atoms with E-state index >= 15 is 0 Å². The Kier molecular flexibility index (Phi) is 15.8. The van der Waals surface area contributed by atoms with Crippen molar-refractivity contribution in [3.8, 4) is 0 Å². The number of benzene rings is 2. The molecule has 2 aromatic carbocycles. The van der Waals surface area contributed by atoms with Gasteiger partial charge in [-0.3, -0.25) is 0 Å². The first-order valence-electron chi connectivity index (χ1n) is 11.0. The molecule has 0 spiro atoms. The standard InChI is InChI=1S/2C10H15OP.C7H6O2S.Pd/c2*1-10(2,3)12(11)9-7-5-4-6-8-9;8-7(9)4-3-6-2-1-5-10-6;/h4-8,12H,1-3H3;4-8,11H,1-3H3;1-5H,(H,8,9);/q;;;+2/b;;4-3+;. The third-order valence-corrected chi connectivity index (χ3v) is 9.76. The molecular weight excluding hydrogens is 589 g/mol. The van der Waals surface area contributed by atoms with E-state index in [1.807, 2.05) is 98.9 Å². The van der Waals surface area contributed by atoms with Crippen LogP contribution in [0.15, 0.2) is 84.3 Å². The third kappa shape index (κ3) is 14.1. The minimum Gasteiger partial charge on any atom is -0.545 e. The maximum atomic E-state index is 11.9. The summed E-state index contributed by atoms with van der Waals surface area (Å²) < 4.78 is 11.9. The van der Waals surface area contributed by atoms with Crippen molar-refractivity contribution in [1.82, 2.24) is 0 Å². The van der Waals surface area contributed by atoms with Crippen molar-refractivity contribution < 1.29 is 39.8 Å². The van der Waals surface area contributed by atoms with E-state index in [-0.39, 0.29) is 30.7 Å². The predicted octanol–water partition coefficient (Wildman–Crippen LogP) is 5.41. The molecule has 4 nitrogen and oxygen atoms in total. The van der Waals surface area contributed by atoms with E-state index in [9.17, 15) is 19.4 Å². The van der Waals surface area contributed by atoms with Gasteiger partial charge in [0.05, 0.1) is 5.97 Å². The summed E-state index contributed by atoms with van der Waals surface area (Å²) in [5.74, 6) is -1.16. The first-order chi connectivity index (χ1) is 15.8. The summed E-state index contributed by atoms with van der Waals surface area (Å²) >= 11 is 1.49. The molecule has 0 aliphatic rings. The van der Waals surface area contributed by atoms with Gasteiger partial charge < -0.3 is 14.5 Å². The molecule has 8 heteroatoms. The Hall–Kier alpha value is -1.37. The van der Waals surface area contributed by atoms with E-state index in [2.05, 4.69) is 20.8 Å². The Bertz CT molecular complexity index is 1030. The average Bonchev–Trinajstić information content (AvgIpc) is 3.31. The molecule has 0 radical (unpaired) electrons. The molecule has 0 bridgehead atoms. The van der Waals surface area contributed by atoms with E-state index in [0.29, 0.717) is 0 Å². The van der Waals surface area contributed by atoms with Crippen molar-refractivity contribution in [2.24, 2.45) is 0 Å². The van der Waals surface area contributed by atoms with Gasteiger partial charge in [-0.2, -0.15) is 0 Å². The largest absolute Gasteiger partial charge is 2.00 e. The molecule has 35 heavy (non-hydrogen) atoms. The van der Waals surface area contributed by atoms with E-state index < -0.39 is 21.9 Å². The summed E-state index contributed by atoms with van der Waals surface area (Å²) in [6.45, 7) is 12.3. The van der Waals surface area contributed by atoms with E-state index in [1.54, 1.807) is 0 Å². The molecule has 1 N–H and O–H groups in total. The molecule has 0 saturated carbocycles. The topological polar surface area (TPSA) is 77.4 Å². The molecule has 3 rings (SSSR count). The minimum absolute atomic E-state index is 0. The predicted molar refractivity (Wildman–Crippen MR) is 150 cm³/mol. The molecule has 1 aromatic heterocycles. The summed E-state index contributed by atoms with van der Waals surface area (Å²) in [6, 6.07) is 23.3. The Morgan fingerprint density at radius 2 is 1.43 bits per heavy atom. The molecule has 0 aliphatic carbocycles.